The maximum Gasteiger partial charge on any atom is 0.253 e. The van der Waals surface area contributed by atoms with Crippen molar-refractivity contribution in [3.05, 3.63) is 65.2 Å². The van der Waals surface area contributed by atoms with Crippen molar-refractivity contribution in [3.63, 3.8) is 0 Å². The first-order valence-corrected chi connectivity index (χ1v) is 9.08. The highest BCUT2D eigenvalue weighted by Gasteiger charge is 2.62. The van der Waals surface area contributed by atoms with Crippen molar-refractivity contribution >= 4 is 23.0 Å². The van der Waals surface area contributed by atoms with E-state index in [0.717, 1.165) is 17.3 Å². The molecule has 1 amide bonds. The summed E-state index contributed by atoms with van der Waals surface area (Å²) >= 11 is 6.19. The lowest BCUT2D eigenvalue weighted by Crippen LogP contribution is -2.33. The molecule has 0 bridgehead atoms. The van der Waals surface area contributed by atoms with Crippen molar-refractivity contribution in [2.24, 2.45) is 11.8 Å². The zero-order chi connectivity index (χ0) is 18.8. The molecule has 0 aromatic carbocycles. The minimum absolute atomic E-state index is 0.0128. The summed E-state index contributed by atoms with van der Waals surface area (Å²) in [7, 11) is 0. The molecule has 0 unspecified atom stereocenters. The predicted octanol–water partition coefficient (Wildman–Crippen LogP) is 2.55. The number of hydrogen-bond donors (Lipinski definition) is 2. The molecule has 5 rings (SSSR count). The number of carbonyl (C=O) groups is 1. The van der Waals surface area contributed by atoms with Gasteiger partial charge in [0.25, 0.3) is 5.91 Å². The third-order valence-corrected chi connectivity index (χ3v) is 5.94. The van der Waals surface area contributed by atoms with E-state index in [1.165, 1.54) is 12.3 Å². The molecule has 8 heteroatoms. The second kappa shape index (κ2) is 5.74. The van der Waals surface area contributed by atoms with Crippen molar-refractivity contribution in [3.8, 4) is 0 Å². The first-order chi connectivity index (χ1) is 12.9. The minimum Gasteiger partial charge on any atom is -0.385 e. The molecule has 3 aromatic rings. The first-order valence-electron chi connectivity index (χ1n) is 8.70. The molecule has 2 N–H and O–H groups in total. The fraction of sp³-hybridized carbons (Fsp3) is 0.316. The van der Waals surface area contributed by atoms with Crippen molar-refractivity contribution < 1.29 is 14.3 Å². The van der Waals surface area contributed by atoms with Gasteiger partial charge in [-0.25, -0.2) is 9.37 Å². The van der Waals surface area contributed by atoms with Gasteiger partial charge in [-0.1, -0.05) is 11.6 Å². The summed E-state index contributed by atoms with van der Waals surface area (Å²) in [6.45, 7) is 0. The van der Waals surface area contributed by atoms with Crippen LogP contribution in [-0.4, -0.2) is 31.4 Å². The van der Waals surface area contributed by atoms with E-state index in [-0.39, 0.29) is 29.3 Å². The zero-order valence-corrected chi connectivity index (χ0v) is 14.9. The Kier molecular flexibility index (Phi) is 3.54. The highest BCUT2D eigenvalue weighted by Crippen LogP contribution is 2.60. The van der Waals surface area contributed by atoms with E-state index in [0.29, 0.717) is 17.9 Å². The van der Waals surface area contributed by atoms with Crippen LogP contribution in [0.4, 0.5) is 4.39 Å². The number of fused-ring (bicyclic) bond motifs is 2. The summed E-state index contributed by atoms with van der Waals surface area (Å²) in [6.07, 6.45) is 8.59. The Morgan fingerprint density at radius 1 is 1.26 bits per heavy atom. The van der Waals surface area contributed by atoms with Gasteiger partial charge >= 0.3 is 0 Å². The first kappa shape index (κ1) is 16.6. The average molecular weight is 387 g/mol. The lowest BCUT2D eigenvalue weighted by molar-refractivity contribution is 0.0289. The van der Waals surface area contributed by atoms with E-state index >= 15 is 0 Å². The second-order valence-electron chi connectivity index (χ2n) is 7.42. The number of carbonyl (C=O) groups excluding carboxylic acids is 1. The number of pyridine rings is 2. The van der Waals surface area contributed by atoms with Crippen molar-refractivity contribution in [2.75, 3.05) is 0 Å². The molecular formula is C19H16ClFN4O2. The molecule has 0 aliphatic heterocycles. The standard InChI is InChI=1S/C19H16ClFN4O2/c20-11-2-15(16-7-23-9-25(16)8-11)19(27)3-13-14(4-19)17(13)24-18(26)10-1-12(21)6-22-5-10/h1-2,5-9,13-14,17,27H,3-4H2,(H,24,26)/t13-,14+,17-,19+. The van der Waals surface area contributed by atoms with Crippen molar-refractivity contribution in [2.45, 2.75) is 24.5 Å². The van der Waals surface area contributed by atoms with Gasteiger partial charge in [0.2, 0.25) is 0 Å². The number of nitrogens with zero attached hydrogens (tertiary/aromatic N) is 3. The van der Waals surface area contributed by atoms with Gasteiger partial charge in [-0.2, -0.15) is 0 Å². The molecule has 2 aliphatic rings. The van der Waals surface area contributed by atoms with Crippen molar-refractivity contribution in [1.82, 2.24) is 19.7 Å². The highest BCUT2D eigenvalue weighted by atomic mass is 35.5. The van der Waals surface area contributed by atoms with Crippen LogP contribution < -0.4 is 5.32 Å². The Morgan fingerprint density at radius 3 is 2.78 bits per heavy atom. The van der Waals surface area contributed by atoms with E-state index in [1.807, 2.05) is 0 Å². The van der Waals surface area contributed by atoms with E-state index < -0.39 is 11.4 Å². The van der Waals surface area contributed by atoms with Crippen LogP contribution in [0.1, 0.15) is 28.8 Å². The van der Waals surface area contributed by atoms with Crippen LogP contribution in [0, 0.1) is 17.7 Å². The summed E-state index contributed by atoms with van der Waals surface area (Å²) in [5.74, 6) is -0.519. The third kappa shape index (κ3) is 2.69. The van der Waals surface area contributed by atoms with Crippen LogP contribution >= 0.6 is 11.6 Å². The third-order valence-electron chi connectivity index (χ3n) is 5.73. The van der Waals surface area contributed by atoms with Crippen LogP contribution in [0.15, 0.2) is 43.2 Å². The molecule has 27 heavy (non-hydrogen) atoms. The summed E-state index contributed by atoms with van der Waals surface area (Å²) in [4.78, 5) is 20.1. The van der Waals surface area contributed by atoms with Gasteiger partial charge < -0.3 is 14.8 Å². The number of aromatic nitrogens is 3. The quantitative estimate of drug-likeness (QED) is 0.725. The number of imidazole rings is 1. The molecule has 2 aliphatic carbocycles. The summed E-state index contributed by atoms with van der Waals surface area (Å²) in [5, 5.41) is 14.7. The molecule has 2 saturated carbocycles. The van der Waals surface area contributed by atoms with E-state index in [2.05, 4.69) is 15.3 Å². The molecule has 6 nitrogen and oxygen atoms in total. The molecule has 0 saturated heterocycles. The Bertz CT molecular complexity index is 1060. The van der Waals surface area contributed by atoms with Gasteiger partial charge in [0.1, 0.15) is 5.82 Å². The largest absolute Gasteiger partial charge is 0.385 e. The molecule has 4 atom stereocenters. The van der Waals surface area contributed by atoms with Gasteiger partial charge in [-0.15, -0.1) is 0 Å². The van der Waals surface area contributed by atoms with Gasteiger partial charge in [-0.05, 0) is 36.8 Å². The smallest absolute Gasteiger partial charge is 0.253 e. The monoisotopic (exact) mass is 386 g/mol. The number of amides is 1. The number of nitrogens with one attached hydrogen (secondary N) is 1. The molecule has 0 radical (unpaired) electrons. The fourth-order valence-electron chi connectivity index (χ4n) is 4.44. The van der Waals surface area contributed by atoms with Crippen LogP contribution in [-0.2, 0) is 5.60 Å². The van der Waals surface area contributed by atoms with Crippen molar-refractivity contribution in [1.29, 1.82) is 0 Å². The van der Waals surface area contributed by atoms with E-state index in [4.69, 9.17) is 11.6 Å². The summed E-state index contributed by atoms with van der Waals surface area (Å²) < 4.78 is 15.0. The zero-order valence-electron chi connectivity index (χ0n) is 14.1. The second-order valence-corrected chi connectivity index (χ2v) is 7.85. The van der Waals surface area contributed by atoms with Crippen LogP contribution in [0.2, 0.25) is 5.02 Å². The lowest BCUT2D eigenvalue weighted by atomic mass is 9.88. The average Bonchev–Trinajstić information content (AvgIpc) is 3.01. The molecule has 3 aromatic heterocycles. The summed E-state index contributed by atoms with van der Waals surface area (Å²) in [6, 6.07) is 2.94. The molecule has 2 fully saturated rings. The highest BCUT2D eigenvalue weighted by molar-refractivity contribution is 6.30. The van der Waals surface area contributed by atoms with Crippen LogP contribution in [0.5, 0.6) is 0 Å². The van der Waals surface area contributed by atoms with Gasteiger partial charge in [0.05, 0.1) is 40.4 Å². The van der Waals surface area contributed by atoms with Crippen LogP contribution in [0.25, 0.3) is 5.52 Å². The normalized spacial score (nSPS) is 28.9. The molecule has 0 spiro atoms. The Morgan fingerprint density at radius 2 is 2.04 bits per heavy atom. The van der Waals surface area contributed by atoms with E-state index in [1.54, 1.807) is 29.2 Å². The summed E-state index contributed by atoms with van der Waals surface area (Å²) in [5.41, 5.74) is 0.795. The maximum absolute atomic E-state index is 13.2. The number of aliphatic hydroxyl groups is 1. The minimum atomic E-state index is -0.997. The van der Waals surface area contributed by atoms with E-state index in [9.17, 15) is 14.3 Å². The number of hydrogen-bond acceptors (Lipinski definition) is 4. The topological polar surface area (TPSA) is 79.5 Å². The fourth-order valence-corrected chi connectivity index (χ4v) is 4.65. The Hall–Kier alpha value is -2.51. The number of rotatable bonds is 3. The Labute approximate surface area is 159 Å². The Balaban J connectivity index is 1.33. The maximum atomic E-state index is 13.2. The molecule has 3 heterocycles. The molecule has 138 valence electrons. The van der Waals surface area contributed by atoms with Gasteiger partial charge in [-0.3, -0.25) is 9.78 Å². The van der Waals surface area contributed by atoms with Crippen LogP contribution in [0.3, 0.4) is 0 Å². The number of halogens is 2. The molecular weight excluding hydrogens is 371 g/mol. The lowest BCUT2D eigenvalue weighted by Gasteiger charge is -2.27. The van der Waals surface area contributed by atoms with Gasteiger partial charge in [0.15, 0.2) is 0 Å². The SMILES string of the molecule is O=C(N[C@@H]1[C@@H]2C[C@@](O)(c3cc(Cl)cn4cncc34)C[C@@H]21)c1cncc(F)c1. The van der Waals surface area contributed by atoms with Gasteiger partial charge in [0, 0.05) is 24.0 Å². The predicted molar refractivity (Wildman–Crippen MR) is 95.8 cm³/mol.